The Balaban J connectivity index is 2.75. The van der Waals surface area contributed by atoms with E-state index in [1.807, 2.05) is 0 Å². The minimum absolute atomic E-state index is 0.152. The predicted octanol–water partition coefficient (Wildman–Crippen LogP) is -1.25. The number of hydrogen-bond acceptors (Lipinski definition) is 4. The maximum absolute atomic E-state index is 12.2. The van der Waals surface area contributed by atoms with Crippen LogP contribution in [-0.2, 0) is 14.4 Å². The molecule has 118 valence electrons. The first-order valence-electron chi connectivity index (χ1n) is 6.67. The highest BCUT2D eigenvalue weighted by atomic mass is 16.4. The van der Waals surface area contributed by atoms with Gasteiger partial charge in [0.25, 0.3) is 0 Å². The van der Waals surface area contributed by atoms with Crippen LogP contribution in [0.25, 0.3) is 0 Å². The van der Waals surface area contributed by atoms with Crippen molar-refractivity contribution in [2.75, 3.05) is 6.54 Å². The molecule has 1 rings (SSSR count). The van der Waals surface area contributed by atoms with Gasteiger partial charge < -0.3 is 26.8 Å². The first-order chi connectivity index (χ1) is 9.81. The van der Waals surface area contributed by atoms with E-state index in [2.05, 4.69) is 5.32 Å². The van der Waals surface area contributed by atoms with Crippen LogP contribution in [0.5, 0.6) is 0 Å². The van der Waals surface area contributed by atoms with Gasteiger partial charge in [0.05, 0.1) is 6.42 Å². The van der Waals surface area contributed by atoms with E-state index in [4.69, 9.17) is 16.6 Å². The summed E-state index contributed by atoms with van der Waals surface area (Å²) in [6.45, 7) is -0.292. The molecule has 1 atom stereocenters. The standard InChI is InChI=1S/C12H20N4O5/c13-9(17)5-8(11(19)20)15-12(21)16(6-10(14)18)7-3-1-2-4-7/h7-8H,1-6H2,(H2,13,17)(H2,14,18)(H,15,21)(H,19,20). The Bertz CT molecular complexity index is 433. The quantitative estimate of drug-likeness (QED) is 0.462. The summed E-state index contributed by atoms with van der Waals surface area (Å²) >= 11 is 0. The van der Waals surface area contributed by atoms with Crippen LogP contribution in [-0.4, -0.2) is 52.4 Å². The summed E-state index contributed by atoms with van der Waals surface area (Å²) in [5.41, 5.74) is 10.1. The lowest BCUT2D eigenvalue weighted by atomic mass is 10.2. The fourth-order valence-corrected chi connectivity index (χ4v) is 2.38. The fraction of sp³-hybridized carbons (Fsp3) is 0.667. The van der Waals surface area contributed by atoms with Gasteiger partial charge in [-0.05, 0) is 12.8 Å². The number of carbonyl (C=O) groups excluding carboxylic acids is 3. The molecule has 0 heterocycles. The molecule has 1 fully saturated rings. The van der Waals surface area contributed by atoms with E-state index >= 15 is 0 Å². The van der Waals surface area contributed by atoms with Crippen molar-refractivity contribution in [3.05, 3.63) is 0 Å². The van der Waals surface area contributed by atoms with Crippen molar-refractivity contribution in [1.82, 2.24) is 10.2 Å². The molecule has 1 saturated carbocycles. The molecular formula is C12H20N4O5. The first kappa shape index (κ1) is 16.7. The molecule has 0 saturated heterocycles. The highest BCUT2D eigenvalue weighted by molar-refractivity contribution is 5.89. The van der Waals surface area contributed by atoms with Crippen molar-refractivity contribution in [2.24, 2.45) is 11.5 Å². The van der Waals surface area contributed by atoms with Crippen molar-refractivity contribution in [3.63, 3.8) is 0 Å². The molecule has 4 amide bonds. The molecule has 0 bridgehead atoms. The maximum Gasteiger partial charge on any atom is 0.326 e. The average molecular weight is 300 g/mol. The molecule has 1 aliphatic rings. The number of carboxylic acids is 1. The minimum Gasteiger partial charge on any atom is -0.480 e. The average Bonchev–Trinajstić information content (AvgIpc) is 2.87. The predicted molar refractivity (Wildman–Crippen MR) is 71.9 cm³/mol. The molecule has 6 N–H and O–H groups in total. The zero-order chi connectivity index (χ0) is 16.0. The highest BCUT2D eigenvalue weighted by Crippen LogP contribution is 2.23. The number of hydrogen-bond donors (Lipinski definition) is 4. The van der Waals surface area contributed by atoms with Crippen molar-refractivity contribution < 1.29 is 24.3 Å². The Hall–Kier alpha value is -2.32. The Labute approximate surface area is 121 Å². The van der Waals surface area contributed by atoms with Crippen LogP contribution in [0, 0.1) is 0 Å². The summed E-state index contributed by atoms with van der Waals surface area (Å²) in [6.07, 6.45) is 2.80. The van der Waals surface area contributed by atoms with Gasteiger partial charge in [0.1, 0.15) is 12.6 Å². The van der Waals surface area contributed by atoms with Crippen molar-refractivity contribution in [1.29, 1.82) is 0 Å². The van der Waals surface area contributed by atoms with Gasteiger partial charge in [-0.1, -0.05) is 12.8 Å². The molecule has 21 heavy (non-hydrogen) atoms. The normalized spacial score (nSPS) is 16.2. The Kier molecular flexibility index (Phi) is 5.94. The monoisotopic (exact) mass is 300 g/mol. The first-order valence-corrected chi connectivity index (χ1v) is 6.67. The number of primary amides is 2. The molecule has 1 unspecified atom stereocenters. The lowest BCUT2D eigenvalue weighted by molar-refractivity contribution is -0.141. The second-order valence-corrected chi connectivity index (χ2v) is 5.04. The third-order valence-corrected chi connectivity index (χ3v) is 3.35. The number of nitrogens with zero attached hydrogens (tertiary/aromatic N) is 1. The molecule has 0 radical (unpaired) electrons. The van der Waals surface area contributed by atoms with Crippen molar-refractivity contribution in [3.8, 4) is 0 Å². The number of carbonyl (C=O) groups is 4. The molecule has 1 aliphatic carbocycles. The molecule has 9 nitrogen and oxygen atoms in total. The maximum atomic E-state index is 12.2. The van der Waals surface area contributed by atoms with E-state index in [1.54, 1.807) is 0 Å². The smallest absolute Gasteiger partial charge is 0.326 e. The topological polar surface area (TPSA) is 156 Å². The summed E-state index contributed by atoms with van der Waals surface area (Å²) < 4.78 is 0. The Morgan fingerprint density at radius 3 is 2.14 bits per heavy atom. The van der Waals surface area contributed by atoms with Gasteiger partial charge in [0, 0.05) is 6.04 Å². The van der Waals surface area contributed by atoms with E-state index in [1.165, 1.54) is 4.90 Å². The second-order valence-electron chi connectivity index (χ2n) is 5.04. The van der Waals surface area contributed by atoms with Gasteiger partial charge in [0.2, 0.25) is 11.8 Å². The third kappa shape index (κ3) is 5.28. The zero-order valence-electron chi connectivity index (χ0n) is 11.6. The number of nitrogens with one attached hydrogen (secondary N) is 1. The molecule has 0 aromatic carbocycles. The highest BCUT2D eigenvalue weighted by Gasteiger charge is 2.31. The number of urea groups is 1. The molecule has 0 aromatic rings. The third-order valence-electron chi connectivity index (χ3n) is 3.35. The van der Waals surface area contributed by atoms with Crippen LogP contribution in [0.3, 0.4) is 0 Å². The number of rotatable bonds is 7. The van der Waals surface area contributed by atoms with Gasteiger partial charge in [0.15, 0.2) is 0 Å². The van der Waals surface area contributed by atoms with E-state index in [9.17, 15) is 19.2 Å². The lowest BCUT2D eigenvalue weighted by Crippen LogP contribution is -2.53. The number of nitrogens with two attached hydrogens (primary N) is 2. The van der Waals surface area contributed by atoms with Crippen LogP contribution in [0.4, 0.5) is 4.79 Å². The van der Waals surface area contributed by atoms with Gasteiger partial charge in [-0.15, -0.1) is 0 Å². The van der Waals surface area contributed by atoms with Crippen LogP contribution < -0.4 is 16.8 Å². The van der Waals surface area contributed by atoms with Crippen molar-refractivity contribution >= 4 is 23.8 Å². The van der Waals surface area contributed by atoms with Crippen LogP contribution in [0.15, 0.2) is 0 Å². The number of carboxylic acid groups (broad SMARTS) is 1. The largest absolute Gasteiger partial charge is 0.480 e. The fourth-order valence-electron chi connectivity index (χ4n) is 2.38. The number of amides is 4. The van der Waals surface area contributed by atoms with Gasteiger partial charge in [-0.25, -0.2) is 9.59 Å². The molecule has 0 spiro atoms. The Morgan fingerprint density at radius 1 is 1.14 bits per heavy atom. The van der Waals surface area contributed by atoms with Gasteiger partial charge >= 0.3 is 12.0 Å². The summed E-state index contributed by atoms with van der Waals surface area (Å²) in [7, 11) is 0. The minimum atomic E-state index is -1.42. The van der Waals surface area contributed by atoms with Crippen LogP contribution in [0.1, 0.15) is 32.1 Å². The van der Waals surface area contributed by atoms with E-state index in [0.717, 1.165) is 25.7 Å². The van der Waals surface area contributed by atoms with E-state index in [-0.39, 0.29) is 12.6 Å². The summed E-state index contributed by atoms with van der Waals surface area (Å²) in [6, 6.07) is -2.30. The van der Waals surface area contributed by atoms with Gasteiger partial charge in [-0.2, -0.15) is 0 Å². The molecule has 0 aliphatic heterocycles. The molecular weight excluding hydrogens is 280 g/mol. The number of aliphatic carboxylic acids is 1. The molecule has 0 aromatic heterocycles. The molecule has 9 heteroatoms. The van der Waals surface area contributed by atoms with E-state index < -0.39 is 36.3 Å². The lowest BCUT2D eigenvalue weighted by Gasteiger charge is -2.29. The van der Waals surface area contributed by atoms with E-state index in [0.29, 0.717) is 0 Å². The SMILES string of the molecule is NC(=O)CC(NC(=O)N(CC(N)=O)C1CCCC1)C(=O)O. The zero-order valence-corrected chi connectivity index (χ0v) is 11.6. The summed E-state index contributed by atoms with van der Waals surface area (Å²) in [4.78, 5) is 46.3. The second kappa shape index (κ2) is 7.46. The van der Waals surface area contributed by atoms with Gasteiger partial charge in [-0.3, -0.25) is 9.59 Å². The van der Waals surface area contributed by atoms with Crippen LogP contribution >= 0.6 is 0 Å². The van der Waals surface area contributed by atoms with Crippen molar-refractivity contribution in [2.45, 2.75) is 44.2 Å². The summed E-state index contributed by atoms with van der Waals surface area (Å²) in [5, 5.41) is 11.2. The summed E-state index contributed by atoms with van der Waals surface area (Å²) in [5.74, 6) is -2.89. The Morgan fingerprint density at radius 2 is 1.71 bits per heavy atom. The van der Waals surface area contributed by atoms with Crippen LogP contribution in [0.2, 0.25) is 0 Å².